The molecule has 7 heteroatoms. The van der Waals surface area contributed by atoms with Crippen LogP contribution >= 0.6 is 12.2 Å². The van der Waals surface area contributed by atoms with Crippen molar-refractivity contribution in [1.82, 2.24) is 15.0 Å². The van der Waals surface area contributed by atoms with Crippen molar-refractivity contribution >= 4 is 17.2 Å². The van der Waals surface area contributed by atoms with Gasteiger partial charge < -0.3 is 15.2 Å². The molecule has 2 rings (SSSR count). The maximum atomic E-state index is 5.63. The van der Waals surface area contributed by atoms with Crippen molar-refractivity contribution in [2.24, 2.45) is 12.8 Å². The van der Waals surface area contributed by atoms with Gasteiger partial charge in [-0.3, -0.25) is 4.68 Å². The molecule has 1 aromatic carbocycles. The molecular formula is C12H14N4O2S. The molecule has 0 bridgehead atoms. The predicted molar refractivity (Wildman–Crippen MR) is 74.2 cm³/mol. The highest BCUT2D eigenvalue weighted by Crippen LogP contribution is 2.23. The zero-order chi connectivity index (χ0) is 13.8. The van der Waals surface area contributed by atoms with Crippen molar-refractivity contribution in [3.05, 3.63) is 35.7 Å². The van der Waals surface area contributed by atoms with Gasteiger partial charge in [0.2, 0.25) is 0 Å². The summed E-state index contributed by atoms with van der Waals surface area (Å²) in [5.74, 6) is 1.26. The van der Waals surface area contributed by atoms with Crippen LogP contribution in [0.1, 0.15) is 11.3 Å². The van der Waals surface area contributed by atoms with Gasteiger partial charge in [0.15, 0.2) is 0 Å². The van der Waals surface area contributed by atoms with Crippen molar-refractivity contribution in [2.75, 3.05) is 7.11 Å². The molecule has 100 valence electrons. The van der Waals surface area contributed by atoms with Crippen molar-refractivity contribution in [3.63, 3.8) is 0 Å². The van der Waals surface area contributed by atoms with Gasteiger partial charge in [-0.1, -0.05) is 17.4 Å². The van der Waals surface area contributed by atoms with Gasteiger partial charge in [0.1, 0.15) is 28.8 Å². The second-order valence-corrected chi connectivity index (χ2v) is 4.37. The number of aromatic nitrogens is 3. The number of rotatable bonds is 5. The largest absolute Gasteiger partial charge is 0.497 e. The SMILES string of the molecule is COc1cc(OCc2cn(C)nn2)cc(C(N)=S)c1. The Kier molecular flexibility index (Phi) is 3.96. The van der Waals surface area contributed by atoms with Crippen LogP contribution in [0.4, 0.5) is 0 Å². The third-order valence-corrected chi connectivity index (χ3v) is 2.67. The van der Waals surface area contributed by atoms with E-state index < -0.39 is 0 Å². The van der Waals surface area contributed by atoms with Crippen LogP contribution in [0.2, 0.25) is 0 Å². The van der Waals surface area contributed by atoms with Crippen LogP contribution in [0.25, 0.3) is 0 Å². The maximum absolute atomic E-state index is 5.63. The molecule has 0 spiro atoms. The van der Waals surface area contributed by atoms with E-state index in [-0.39, 0.29) is 0 Å². The summed E-state index contributed by atoms with van der Waals surface area (Å²) in [4.78, 5) is 0.295. The Labute approximate surface area is 116 Å². The molecule has 6 nitrogen and oxygen atoms in total. The highest BCUT2D eigenvalue weighted by molar-refractivity contribution is 7.80. The third kappa shape index (κ3) is 3.41. The summed E-state index contributed by atoms with van der Waals surface area (Å²) in [5, 5.41) is 7.77. The Morgan fingerprint density at radius 1 is 1.37 bits per heavy atom. The quantitative estimate of drug-likeness (QED) is 0.824. The van der Waals surface area contributed by atoms with Crippen LogP contribution < -0.4 is 15.2 Å². The Hall–Kier alpha value is -2.15. The number of benzene rings is 1. The molecule has 0 radical (unpaired) electrons. The smallest absolute Gasteiger partial charge is 0.134 e. The van der Waals surface area contributed by atoms with Gasteiger partial charge in [0, 0.05) is 18.7 Å². The van der Waals surface area contributed by atoms with Crippen molar-refractivity contribution in [3.8, 4) is 11.5 Å². The number of hydrogen-bond donors (Lipinski definition) is 1. The molecule has 0 atom stereocenters. The normalized spacial score (nSPS) is 10.2. The molecule has 2 N–H and O–H groups in total. The third-order valence-electron chi connectivity index (χ3n) is 2.44. The minimum absolute atomic E-state index is 0.295. The van der Waals surface area contributed by atoms with Crippen molar-refractivity contribution in [1.29, 1.82) is 0 Å². The molecule has 0 amide bonds. The van der Waals surface area contributed by atoms with Gasteiger partial charge in [-0.15, -0.1) is 5.10 Å². The zero-order valence-corrected chi connectivity index (χ0v) is 11.5. The minimum Gasteiger partial charge on any atom is -0.497 e. The highest BCUT2D eigenvalue weighted by Gasteiger charge is 2.06. The predicted octanol–water partition coefficient (Wildman–Crippen LogP) is 1.04. The van der Waals surface area contributed by atoms with E-state index in [1.54, 1.807) is 43.2 Å². The summed E-state index contributed by atoms with van der Waals surface area (Å²) in [6, 6.07) is 5.29. The molecule has 0 aliphatic rings. The van der Waals surface area contributed by atoms with E-state index in [1.807, 2.05) is 0 Å². The number of thiocarbonyl (C=S) groups is 1. The van der Waals surface area contributed by atoms with Crippen molar-refractivity contribution in [2.45, 2.75) is 6.61 Å². The number of nitrogens with two attached hydrogens (primary N) is 1. The van der Waals surface area contributed by atoms with Crippen LogP contribution in [0, 0.1) is 0 Å². The van der Waals surface area contributed by atoms with Crippen LogP contribution in [0.3, 0.4) is 0 Å². The molecule has 2 aromatic rings. The average Bonchev–Trinajstić information content (AvgIpc) is 2.81. The Morgan fingerprint density at radius 3 is 2.68 bits per heavy atom. The van der Waals surface area contributed by atoms with Gasteiger partial charge in [-0.25, -0.2) is 0 Å². The average molecular weight is 278 g/mol. The Morgan fingerprint density at radius 2 is 2.11 bits per heavy atom. The first-order valence-electron chi connectivity index (χ1n) is 5.55. The molecule has 1 aromatic heterocycles. The Balaban J connectivity index is 2.15. The fraction of sp³-hybridized carbons (Fsp3) is 0.250. The summed E-state index contributed by atoms with van der Waals surface area (Å²) in [6.45, 7) is 0.317. The lowest BCUT2D eigenvalue weighted by molar-refractivity contribution is 0.298. The summed E-state index contributed by atoms with van der Waals surface area (Å²) in [5.41, 5.74) is 7.05. The molecule has 0 fully saturated rings. The van der Waals surface area contributed by atoms with E-state index in [0.29, 0.717) is 28.7 Å². The fourth-order valence-electron chi connectivity index (χ4n) is 1.53. The maximum Gasteiger partial charge on any atom is 0.134 e. The van der Waals surface area contributed by atoms with E-state index in [0.717, 1.165) is 5.69 Å². The second kappa shape index (κ2) is 5.66. The first-order valence-corrected chi connectivity index (χ1v) is 5.96. The lowest BCUT2D eigenvalue weighted by Gasteiger charge is -2.09. The number of methoxy groups -OCH3 is 1. The first kappa shape index (κ1) is 13.3. The first-order chi connectivity index (χ1) is 9.08. The lowest BCUT2D eigenvalue weighted by atomic mass is 10.2. The van der Waals surface area contributed by atoms with E-state index in [1.165, 1.54) is 0 Å². The summed E-state index contributed by atoms with van der Waals surface area (Å²) in [7, 11) is 3.37. The van der Waals surface area contributed by atoms with Crippen LogP contribution in [0.15, 0.2) is 24.4 Å². The molecule has 19 heavy (non-hydrogen) atoms. The molecule has 0 aliphatic carbocycles. The second-order valence-electron chi connectivity index (χ2n) is 3.93. The summed E-state index contributed by atoms with van der Waals surface area (Å²) >= 11 is 4.95. The number of ether oxygens (including phenoxy) is 2. The molecule has 0 saturated heterocycles. The number of aryl methyl sites for hydroxylation is 1. The van der Waals surface area contributed by atoms with Gasteiger partial charge in [-0.2, -0.15) is 0 Å². The van der Waals surface area contributed by atoms with E-state index >= 15 is 0 Å². The lowest BCUT2D eigenvalue weighted by Crippen LogP contribution is -2.09. The topological polar surface area (TPSA) is 75.2 Å². The zero-order valence-electron chi connectivity index (χ0n) is 10.7. The summed E-state index contributed by atoms with van der Waals surface area (Å²) in [6.07, 6.45) is 1.79. The minimum atomic E-state index is 0.295. The molecule has 1 heterocycles. The van der Waals surface area contributed by atoms with Gasteiger partial charge in [-0.05, 0) is 12.1 Å². The van der Waals surface area contributed by atoms with E-state index in [2.05, 4.69) is 10.3 Å². The molecule has 0 aliphatic heterocycles. The van der Waals surface area contributed by atoms with Gasteiger partial charge in [0.05, 0.1) is 13.3 Å². The molecule has 0 unspecified atom stereocenters. The molecular weight excluding hydrogens is 264 g/mol. The highest BCUT2D eigenvalue weighted by atomic mass is 32.1. The standard InChI is InChI=1S/C12H14N4O2S/c1-16-6-9(14-15-16)7-18-11-4-8(12(13)19)3-10(5-11)17-2/h3-6H,7H2,1-2H3,(H2,13,19). The van der Waals surface area contributed by atoms with Crippen molar-refractivity contribution < 1.29 is 9.47 Å². The summed E-state index contributed by atoms with van der Waals surface area (Å²) < 4.78 is 12.4. The number of nitrogens with zero attached hydrogens (tertiary/aromatic N) is 3. The monoisotopic (exact) mass is 278 g/mol. The van der Waals surface area contributed by atoms with Gasteiger partial charge >= 0.3 is 0 Å². The van der Waals surface area contributed by atoms with Crippen LogP contribution in [0.5, 0.6) is 11.5 Å². The fourth-order valence-corrected chi connectivity index (χ4v) is 1.65. The van der Waals surface area contributed by atoms with Crippen LogP contribution in [-0.4, -0.2) is 27.1 Å². The Bertz CT molecular complexity index is 597. The number of hydrogen-bond acceptors (Lipinski definition) is 5. The molecule has 0 saturated carbocycles. The van der Waals surface area contributed by atoms with Crippen LogP contribution in [-0.2, 0) is 13.7 Å². The van der Waals surface area contributed by atoms with E-state index in [9.17, 15) is 0 Å². The van der Waals surface area contributed by atoms with Gasteiger partial charge in [0.25, 0.3) is 0 Å². The van der Waals surface area contributed by atoms with E-state index in [4.69, 9.17) is 27.4 Å².